The first-order chi connectivity index (χ1) is 8.43. The molecule has 0 N–H and O–H groups in total. The summed E-state index contributed by atoms with van der Waals surface area (Å²) in [6.07, 6.45) is 5.45. The van der Waals surface area contributed by atoms with Crippen molar-refractivity contribution in [1.82, 2.24) is 0 Å². The summed E-state index contributed by atoms with van der Waals surface area (Å²) in [6, 6.07) is 10.4. The Morgan fingerprint density at radius 3 is 2.88 bits per heavy atom. The zero-order valence-corrected chi connectivity index (χ0v) is 9.50. The van der Waals surface area contributed by atoms with Gasteiger partial charge in [0.1, 0.15) is 12.1 Å². The molecular formula is C14H13N3+2. The van der Waals surface area contributed by atoms with Crippen molar-refractivity contribution in [2.45, 2.75) is 6.42 Å². The molecule has 0 spiro atoms. The monoisotopic (exact) mass is 223 g/mol. The molecule has 0 bridgehead atoms. The molecule has 0 amide bonds. The summed E-state index contributed by atoms with van der Waals surface area (Å²) < 4.78 is 4.45. The van der Waals surface area contributed by atoms with Gasteiger partial charge in [0.2, 0.25) is 5.69 Å². The average Bonchev–Trinajstić information content (AvgIpc) is 3.00. The van der Waals surface area contributed by atoms with E-state index in [0.717, 1.165) is 19.5 Å². The Hall–Kier alpha value is -2.03. The van der Waals surface area contributed by atoms with Crippen molar-refractivity contribution >= 4 is 11.4 Å². The van der Waals surface area contributed by atoms with Crippen LogP contribution in [0, 0.1) is 0 Å². The fourth-order valence-corrected chi connectivity index (χ4v) is 2.77. The van der Waals surface area contributed by atoms with Gasteiger partial charge < -0.3 is 0 Å². The van der Waals surface area contributed by atoms with Gasteiger partial charge in [-0.2, -0.15) is 4.58 Å². The molecule has 82 valence electrons. The Bertz CT molecular complexity index is 618. The Balaban J connectivity index is 1.81. The smallest absolute Gasteiger partial charge is 0.192 e. The number of allylic oxidation sites excluding steroid dienone is 2. The lowest BCUT2D eigenvalue weighted by molar-refractivity contribution is -0.464. The SMILES string of the molecule is C1=C[N+]2=C(C1)C1=C(CN=[N+]1c1ccccc1)C2. The van der Waals surface area contributed by atoms with Crippen LogP contribution in [0.1, 0.15) is 6.42 Å². The Labute approximate surface area is 99.7 Å². The van der Waals surface area contributed by atoms with Crippen molar-refractivity contribution in [1.29, 1.82) is 0 Å². The second-order valence-corrected chi connectivity index (χ2v) is 4.56. The third-order valence-electron chi connectivity index (χ3n) is 3.53. The molecule has 0 saturated heterocycles. The lowest BCUT2D eigenvalue weighted by Crippen LogP contribution is -2.13. The standard InChI is InChI=1S/C14H13N3/c1-2-5-12(6-3-1)17-14-11(9-15-17)10-16-8-4-7-13(14)16/h1-6,8H,7,9-10H2/q+2. The second-order valence-electron chi connectivity index (χ2n) is 4.56. The largest absolute Gasteiger partial charge is 0.312 e. The number of hydrogen-bond donors (Lipinski definition) is 0. The molecule has 0 radical (unpaired) electrons. The van der Waals surface area contributed by atoms with Crippen LogP contribution in [0.3, 0.4) is 0 Å². The first kappa shape index (κ1) is 9.05. The number of hydrogen-bond acceptors (Lipinski definition) is 1. The molecule has 0 atom stereocenters. The average molecular weight is 223 g/mol. The van der Waals surface area contributed by atoms with E-state index in [0.29, 0.717) is 0 Å². The van der Waals surface area contributed by atoms with E-state index < -0.39 is 0 Å². The Kier molecular flexibility index (Phi) is 1.72. The van der Waals surface area contributed by atoms with Gasteiger partial charge >= 0.3 is 5.70 Å². The highest BCUT2D eigenvalue weighted by Gasteiger charge is 2.45. The van der Waals surface area contributed by atoms with E-state index in [1.165, 1.54) is 22.7 Å². The van der Waals surface area contributed by atoms with Gasteiger partial charge in [0.15, 0.2) is 12.7 Å². The summed E-state index contributed by atoms with van der Waals surface area (Å²) in [6.45, 7) is 1.87. The van der Waals surface area contributed by atoms with E-state index in [1.54, 1.807) is 0 Å². The van der Waals surface area contributed by atoms with Gasteiger partial charge in [-0.05, 0) is 15.9 Å². The van der Waals surface area contributed by atoms with Crippen LogP contribution in [0.15, 0.2) is 59.0 Å². The predicted molar refractivity (Wildman–Crippen MR) is 64.6 cm³/mol. The lowest BCUT2D eigenvalue weighted by Gasteiger charge is -1.95. The quantitative estimate of drug-likeness (QED) is 0.651. The van der Waals surface area contributed by atoms with Gasteiger partial charge in [0, 0.05) is 12.1 Å². The third kappa shape index (κ3) is 1.19. The van der Waals surface area contributed by atoms with Gasteiger partial charge in [-0.1, -0.05) is 18.2 Å². The number of para-hydroxylation sites is 1. The van der Waals surface area contributed by atoms with Crippen LogP contribution in [0.25, 0.3) is 0 Å². The molecule has 17 heavy (non-hydrogen) atoms. The summed E-state index contributed by atoms with van der Waals surface area (Å²) in [7, 11) is 0. The molecule has 0 unspecified atom stereocenters. The van der Waals surface area contributed by atoms with Crippen LogP contribution in [0.4, 0.5) is 5.69 Å². The maximum absolute atomic E-state index is 4.63. The van der Waals surface area contributed by atoms with Crippen LogP contribution in [-0.2, 0) is 0 Å². The Morgan fingerprint density at radius 1 is 1.12 bits per heavy atom. The maximum atomic E-state index is 4.63. The first-order valence-corrected chi connectivity index (χ1v) is 5.97. The van der Waals surface area contributed by atoms with Crippen molar-refractivity contribution in [2.75, 3.05) is 13.1 Å². The molecule has 0 saturated carbocycles. The molecule has 3 aliphatic rings. The molecule has 0 aliphatic carbocycles. The minimum absolute atomic E-state index is 0.845. The Morgan fingerprint density at radius 2 is 2.00 bits per heavy atom. The summed E-state index contributed by atoms with van der Waals surface area (Å²) in [5, 5.41) is 4.63. The molecule has 3 nitrogen and oxygen atoms in total. The summed E-state index contributed by atoms with van der Waals surface area (Å²) in [5.74, 6) is 0. The number of benzene rings is 1. The van der Waals surface area contributed by atoms with Gasteiger partial charge in [-0.25, -0.2) is 0 Å². The molecular weight excluding hydrogens is 210 g/mol. The van der Waals surface area contributed by atoms with Crippen molar-refractivity contribution in [3.05, 3.63) is 53.9 Å². The van der Waals surface area contributed by atoms with E-state index in [9.17, 15) is 0 Å². The maximum Gasteiger partial charge on any atom is 0.312 e. The topological polar surface area (TPSA) is 18.4 Å². The molecule has 4 rings (SSSR count). The predicted octanol–water partition coefficient (Wildman–Crippen LogP) is 2.44. The highest BCUT2D eigenvalue weighted by molar-refractivity contribution is 5.98. The zero-order chi connectivity index (χ0) is 11.2. The highest BCUT2D eigenvalue weighted by atomic mass is 15.3. The molecule has 0 fully saturated rings. The minimum Gasteiger partial charge on any atom is -0.192 e. The van der Waals surface area contributed by atoms with Gasteiger partial charge in [-0.15, -0.1) is 0 Å². The molecule has 1 aromatic carbocycles. The summed E-state index contributed by atoms with van der Waals surface area (Å²) in [5.41, 5.74) is 5.36. The molecule has 3 heterocycles. The number of azo groups is 2. The van der Waals surface area contributed by atoms with Crippen LogP contribution in [0.2, 0.25) is 0 Å². The third-order valence-corrected chi connectivity index (χ3v) is 3.53. The molecule has 1 aromatic rings. The van der Waals surface area contributed by atoms with E-state index in [-0.39, 0.29) is 0 Å². The summed E-state index contributed by atoms with van der Waals surface area (Å²) in [4.78, 5) is 0. The number of rotatable bonds is 1. The lowest BCUT2D eigenvalue weighted by atomic mass is 10.1. The summed E-state index contributed by atoms with van der Waals surface area (Å²) >= 11 is 0. The number of nitrogens with zero attached hydrogens (tertiary/aromatic N) is 3. The molecule has 3 aliphatic heterocycles. The fraction of sp³-hybridized carbons (Fsp3) is 0.214. The van der Waals surface area contributed by atoms with E-state index in [4.69, 9.17) is 0 Å². The zero-order valence-electron chi connectivity index (χ0n) is 9.50. The van der Waals surface area contributed by atoms with Crippen LogP contribution in [-0.4, -0.2) is 28.1 Å². The van der Waals surface area contributed by atoms with Crippen molar-refractivity contribution in [3.8, 4) is 0 Å². The second kappa shape index (κ2) is 3.23. The normalized spacial score (nSPS) is 21.1. The minimum atomic E-state index is 0.845. The van der Waals surface area contributed by atoms with Gasteiger partial charge in [-0.3, -0.25) is 0 Å². The van der Waals surface area contributed by atoms with Gasteiger partial charge in [0.25, 0.3) is 5.71 Å². The van der Waals surface area contributed by atoms with E-state index in [1.807, 2.05) is 6.07 Å². The van der Waals surface area contributed by atoms with Crippen LogP contribution < -0.4 is 0 Å². The van der Waals surface area contributed by atoms with Crippen molar-refractivity contribution in [2.24, 2.45) is 5.11 Å². The molecule has 0 aromatic heterocycles. The van der Waals surface area contributed by atoms with Gasteiger partial charge in [0.05, 0.1) is 6.42 Å². The fourth-order valence-electron chi connectivity index (χ4n) is 2.77. The van der Waals surface area contributed by atoms with Crippen LogP contribution in [0.5, 0.6) is 0 Å². The number of fused-ring (bicyclic) bond motifs is 1. The molecule has 3 heteroatoms. The van der Waals surface area contributed by atoms with E-state index >= 15 is 0 Å². The van der Waals surface area contributed by atoms with Crippen LogP contribution >= 0.6 is 0 Å². The van der Waals surface area contributed by atoms with Crippen molar-refractivity contribution < 1.29 is 9.27 Å². The highest BCUT2D eigenvalue weighted by Crippen LogP contribution is 2.31. The van der Waals surface area contributed by atoms with E-state index in [2.05, 4.69) is 50.9 Å². The van der Waals surface area contributed by atoms with Crippen molar-refractivity contribution in [3.63, 3.8) is 0 Å². The first-order valence-electron chi connectivity index (χ1n) is 5.97.